The molecule has 3 aliphatic heterocycles. The minimum Gasteiger partial charge on any atom is -0.339 e. The first-order valence-corrected chi connectivity index (χ1v) is 12.8. The normalized spacial score (nSPS) is 21.0. The smallest absolute Gasteiger partial charge is 0.263 e. The molecular formula is C25H27ClF2N8. The van der Waals surface area contributed by atoms with Gasteiger partial charge in [0, 0.05) is 61.0 Å². The molecule has 1 aromatic carbocycles. The zero-order chi connectivity index (χ0) is 24.7. The Morgan fingerprint density at radius 2 is 1.83 bits per heavy atom. The van der Waals surface area contributed by atoms with Crippen LogP contribution in [0, 0.1) is 18.3 Å². The minimum atomic E-state index is -2.70. The highest BCUT2D eigenvalue weighted by Gasteiger charge is 2.54. The predicted molar refractivity (Wildman–Crippen MR) is 132 cm³/mol. The van der Waals surface area contributed by atoms with Gasteiger partial charge in [-0.3, -0.25) is 9.47 Å². The van der Waals surface area contributed by atoms with Gasteiger partial charge in [0.1, 0.15) is 0 Å². The summed E-state index contributed by atoms with van der Waals surface area (Å²) in [6.45, 7) is 5.95. The van der Waals surface area contributed by atoms with E-state index in [9.17, 15) is 8.78 Å². The average molecular weight is 513 g/mol. The van der Waals surface area contributed by atoms with E-state index in [-0.39, 0.29) is 12.0 Å². The topological polar surface area (TPSA) is 66.2 Å². The summed E-state index contributed by atoms with van der Waals surface area (Å²) in [5.41, 5.74) is 2.97. The Bertz CT molecular complexity index is 1330. The Labute approximate surface area is 212 Å². The largest absolute Gasteiger partial charge is 0.339 e. The van der Waals surface area contributed by atoms with Crippen molar-refractivity contribution in [1.82, 2.24) is 29.6 Å². The van der Waals surface area contributed by atoms with E-state index in [1.165, 1.54) is 0 Å². The lowest BCUT2D eigenvalue weighted by atomic mass is 9.73. The number of anilines is 2. The summed E-state index contributed by atoms with van der Waals surface area (Å²) in [7, 11) is 0. The Balaban J connectivity index is 1.13. The molecule has 0 amide bonds. The fourth-order valence-electron chi connectivity index (χ4n) is 5.90. The van der Waals surface area contributed by atoms with Crippen LogP contribution in [0.2, 0.25) is 5.02 Å². The van der Waals surface area contributed by atoms with Gasteiger partial charge in [0.05, 0.1) is 18.8 Å². The zero-order valence-corrected chi connectivity index (χ0v) is 20.8. The van der Waals surface area contributed by atoms with Gasteiger partial charge in [0.15, 0.2) is 5.82 Å². The predicted octanol–water partition coefficient (Wildman–Crippen LogP) is 3.71. The molecule has 4 aliphatic rings. The lowest BCUT2D eigenvalue weighted by Crippen LogP contribution is -2.73. The monoisotopic (exact) mass is 512 g/mol. The van der Waals surface area contributed by atoms with Crippen LogP contribution in [0.15, 0.2) is 30.5 Å². The Hall–Kier alpha value is -2.85. The van der Waals surface area contributed by atoms with E-state index in [4.69, 9.17) is 11.6 Å². The first-order valence-electron chi connectivity index (χ1n) is 12.4. The second-order valence-electron chi connectivity index (χ2n) is 10.9. The second-order valence-corrected chi connectivity index (χ2v) is 11.4. The molecule has 8 nitrogen and oxygen atoms in total. The molecule has 3 fully saturated rings. The molecule has 3 aromatic rings. The number of fused-ring (bicyclic) bond motifs is 3. The van der Waals surface area contributed by atoms with Crippen molar-refractivity contribution in [2.24, 2.45) is 11.3 Å². The van der Waals surface area contributed by atoms with E-state index in [0.29, 0.717) is 36.8 Å². The molecule has 0 bridgehead atoms. The van der Waals surface area contributed by atoms with Crippen molar-refractivity contribution >= 4 is 23.5 Å². The number of benzene rings is 1. The third kappa shape index (κ3) is 3.73. The lowest BCUT2D eigenvalue weighted by Gasteiger charge is -2.60. The van der Waals surface area contributed by atoms with Crippen LogP contribution in [0.3, 0.4) is 0 Å². The van der Waals surface area contributed by atoms with Gasteiger partial charge in [-0.05, 0) is 49.6 Å². The van der Waals surface area contributed by atoms with Crippen LogP contribution in [-0.2, 0) is 13.1 Å². The van der Waals surface area contributed by atoms with Gasteiger partial charge in [0.2, 0.25) is 11.9 Å². The summed E-state index contributed by atoms with van der Waals surface area (Å²) < 4.78 is 31.5. The SMILES string of the molecule is Cc1ccnc(N2CC3(C2)CN(c2nnc4n2-c2ccc(Cl)cc2CN(CC(F)(F)C2CC2)C4)C3)n1. The molecule has 1 aliphatic carbocycles. The number of aromatic nitrogens is 5. The summed E-state index contributed by atoms with van der Waals surface area (Å²) in [4.78, 5) is 15.2. The summed E-state index contributed by atoms with van der Waals surface area (Å²) in [5.74, 6) is -0.971. The number of halogens is 3. The minimum absolute atomic E-state index is 0.186. The highest BCUT2D eigenvalue weighted by molar-refractivity contribution is 6.30. The van der Waals surface area contributed by atoms with Crippen molar-refractivity contribution in [2.45, 2.75) is 38.8 Å². The van der Waals surface area contributed by atoms with E-state index in [1.54, 1.807) is 11.1 Å². The van der Waals surface area contributed by atoms with Crippen molar-refractivity contribution in [3.05, 3.63) is 52.6 Å². The lowest BCUT2D eigenvalue weighted by molar-refractivity contribution is -0.0558. The van der Waals surface area contributed by atoms with E-state index in [2.05, 4.69) is 30.0 Å². The van der Waals surface area contributed by atoms with Crippen LogP contribution in [-0.4, -0.2) is 68.3 Å². The number of nitrogens with zero attached hydrogens (tertiary/aromatic N) is 8. The average Bonchev–Trinajstić information content (AvgIpc) is 3.57. The first-order chi connectivity index (χ1) is 17.3. The van der Waals surface area contributed by atoms with Crippen LogP contribution in [0.4, 0.5) is 20.7 Å². The van der Waals surface area contributed by atoms with Crippen LogP contribution >= 0.6 is 11.6 Å². The number of alkyl halides is 2. The van der Waals surface area contributed by atoms with Crippen molar-refractivity contribution in [3.8, 4) is 5.69 Å². The first kappa shape index (κ1) is 22.4. The number of rotatable bonds is 5. The maximum absolute atomic E-state index is 14.7. The number of hydrogen-bond acceptors (Lipinski definition) is 7. The molecule has 0 atom stereocenters. The van der Waals surface area contributed by atoms with Crippen LogP contribution in [0.25, 0.3) is 5.69 Å². The van der Waals surface area contributed by atoms with E-state index in [0.717, 1.165) is 55.0 Å². The molecule has 0 unspecified atom stereocenters. The van der Waals surface area contributed by atoms with Gasteiger partial charge in [-0.1, -0.05) is 11.6 Å². The fourth-order valence-corrected chi connectivity index (χ4v) is 6.09. The van der Waals surface area contributed by atoms with Crippen molar-refractivity contribution in [2.75, 3.05) is 42.5 Å². The maximum Gasteiger partial charge on any atom is 0.263 e. The second kappa shape index (κ2) is 7.82. The van der Waals surface area contributed by atoms with Crippen molar-refractivity contribution in [1.29, 1.82) is 0 Å². The van der Waals surface area contributed by atoms with Gasteiger partial charge in [0.25, 0.3) is 5.92 Å². The third-order valence-electron chi connectivity index (χ3n) is 7.82. The van der Waals surface area contributed by atoms with E-state index >= 15 is 0 Å². The molecule has 188 valence electrons. The molecule has 1 spiro atoms. The summed E-state index contributed by atoms with van der Waals surface area (Å²) >= 11 is 6.32. The van der Waals surface area contributed by atoms with Crippen molar-refractivity contribution < 1.29 is 8.78 Å². The number of hydrogen-bond donors (Lipinski definition) is 0. The van der Waals surface area contributed by atoms with Gasteiger partial charge < -0.3 is 9.80 Å². The molecule has 36 heavy (non-hydrogen) atoms. The van der Waals surface area contributed by atoms with Crippen molar-refractivity contribution in [3.63, 3.8) is 0 Å². The van der Waals surface area contributed by atoms with Gasteiger partial charge in [-0.25, -0.2) is 18.7 Å². The zero-order valence-electron chi connectivity index (χ0n) is 20.0. The number of aryl methyl sites for hydroxylation is 1. The van der Waals surface area contributed by atoms with E-state index in [1.807, 2.05) is 35.8 Å². The van der Waals surface area contributed by atoms with Crippen LogP contribution in [0.1, 0.15) is 29.9 Å². The summed E-state index contributed by atoms with van der Waals surface area (Å²) in [6, 6.07) is 7.57. The maximum atomic E-state index is 14.7. The standard InChI is InChI=1S/C25H27ClF2N8/c1-16-6-7-29-22(30-16)34-11-24(12-34)13-35(14-24)23-32-31-21-10-33(15-25(27,28)18-2-3-18)9-17-8-19(26)4-5-20(17)36(21)23/h4-8,18H,2-3,9-15H2,1H3. The highest BCUT2D eigenvalue weighted by Crippen LogP contribution is 2.45. The molecule has 2 aromatic heterocycles. The van der Waals surface area contributed by atoms with Crippen LogP contribution in [0.5, 0.6) is 0 Å². The van der Waals surface area contributed by atoms with Crippen LogP contribution < -0.4 is 9.80 Å². The highest BCUT2D eigenvalue weighted by atomic mass is 35.5. The molecule has 1 saturated carbocycles. The Morgan fingerprint density at radius 3 is 2.58 bits per heavy atom. The third-order valence-corrected chi connectivity index (χ3v) is 8.05. The summed E-state index contributed by atoms with van der Waals surface area (Å²) in [6.07, 6.45) is 3.01. The molecule has 7 rings (SSSR count). The summed E-state index contributed by atoms with van der Waals surface area (Å²) in [5, 5.41) is 9.59. The van der Waals surface area contributed by atoms with Gasteiger partial charge in [-0.15, -0.1) is 10.2 Å². The Morgan fingerprint density at radius 1 is 1.06 bits per heavy atom. The van der Waals surface area contributed by atoms with Gasteiger partial charge in [-0.2, -0.15) is 0 Å². The Kier molecular flexibility index (Phi) is 4.86. The molecule has 2 saturated heterocycles. The quantitative estimate of drug-likeness (QED) is 0.516. The molecular weight excluding hydrogens is 486 g/mol. The molecule has 0 radical (unpaired) electrons. The van der Waals surface area contributed by atoms with Gasteiger partial charge >= 0.3 is 0 Å². The fraction of sp³-hybridized carbons (Fsp3) is 0.520. The molecule has 11 heteroatoms. The molecule has 5 heterocycles. The van der Waals surface area contributed by atoms with E-state index < -0.39 is 11.8 Å². The molecule has 0 N–H and O–H groups in total.